The molecule has 3 atom stereocenters. The Morgan fingerprint density at radius 1 is 1.06 bits per heavy atom. The zero-order chi connectivity index (χ0) is 21.4. The molecule has 1 saturated carbocycles. The van der Waals surface area contributed by atoms with Crippen molar-refractivity contribution in [3.8, 4) is 34.0 Å². The van der Waals surface area contributed by atoms with Crippen LogP contribution in [0.15, 0.2) is 49.3 Å². The normalized spacial score (nSPS) is 22.3. The highest BCUT2D eigenvalue weighted by molar-refractivity contribution is 5.74. The lowest BCUT2D eigenvalue weighted by Crippen LogP contribution is -2.13. The third kappa shape index (κ3) is 3.77. The van der Waals surface area contributed by atoms with Crippen LogP contribution in [0.4, 0.5) is 0 Å². The molecule has 2 aromatic heterocycles. The Bertz CT molecular complexity index is 1100. The summed E-state index contributed by atoms with van der Waals surface area (Å²) in [6.07, 6.45) is 5.62. The molecule has 1 aliphatic carbocycles. The van der Waals surface area contributed by atoms with Crippen LogP contribution in [-0.4, -0.2) is 45.5 Å². The van der Waals surface area contributed by atoms with E-state index in [2.05, 4.69) is 32.1 Å². The van der Waals surface area contributed by atoms with Gasteiger partial charge < -0.3 is 15.2 Å². The van der Waals surface area contributed by atoms with E-state index in [9.17, 15) is 5.11 Å². The van der Waals surface area contributed by atoms with Gasteiger partial charge in [0.2, 0.25) is 5.88 Å². The molecule has 2 N–H and O–H groups in total. The Balaban J connectivity index is 1.34. The van der Waals surface area contributed by atoms with Crippen molar-refractivity contribution in [3.63, 3.8) is 0 Å². The number of benzene rings is 1. The van der Waals surface area contributed by atoms with Gasteiger partial charge in [0.1, 0.15) is 11.4 Å². The summed E-state index contributed by atoms with van der Waals surface area (Å²) in [6.45, 7) is 6.47. The van der Waals surface area contributed by atoms with Crippen molar-refractivity contribution < 1.29 is 9.84 Å². The largest absolute Gasteiger partial charge is 0.507 e. The molecule has 1 saturated heterocycles. The highest BCUT2D eigenvalue weighted by Crippen LogP contribution is 2.43. The molecule has 5 rings (SSSR count). The molecular weight excluding hydrogens is 390 g/mol. The first-order chi connectivity index (χ1) is 15.1. The van der Waals surface area contributed by atoms with Crippen LogP contribution in [0.25, 0.3) is 28.0 Å². The number of aromatic nitrogens is 4. The second kappa shape index (κ2) is 8.07. The number of hydrogen-bond acceptors (Lipinski definition) is 7. The molecule has 0 radical (unpaired) electrons. The van der Waals surface area contributed by atoms with Gasteiger partial charge in [-0.2, -0.15) is 0 Å². The van der Waals surface area contributed by atoms with E-state index in [1.165, 1.54) is 0 Å². The number of methoxy groups -OCH3 is 1. The van der Waals surface area contributed by atoms with Crippen molar-refractivity contribution in [2.45, 2.75) is 12.8 Å². The van der Waals surface area contributed by atoms with Crippen molar-refractivity contribution >= 4 is 5.57 Å². The zero-order valence-corrected chi connectivity index (χ0v) is 17.5. The Morgan fingerprint density at radius 2 is 1.84 bits per heavy atom. The lowest BCUT2D eigenvalue weighted by atomic mass is 9.96. The fraction of sp³-hybridized carbons (Fsp3) is 0.333. The fourth-order valence-corrected chi connectivity index (χ4v) is 4.81. The van der Waals surface area contributed by atoms with Gasteiger partial charge in [-0.05, 0) is 78.6 Å². The Kier molecular flexibility index (Phi) is 5.11. The van der Waals surface area contributed by atoms with Crippen LogP contribution in [0.1, 0.15) is 18.7 Å². The minimum absolute atomic E-state index is 0.118. The number of pyridine rings is 1. The maximum atomic E-state index is 10.6. The highest BCUT2D eigenvalue weighted by Gasteiger charge is 2.38. The van der Waals surface area contributed by atoms with Gasteiger partial charge in [-0.25, -0.2) is 9.97 Å². The van der Waals surface area contributed by atoms with E-state index in [0.29, 0.717) is 28.9 Å². The summed E-state index contributed by atoms with van der Waals surface area (Å²) in [5, 5.41) is 22.7. The first-order valence-electron chi connectivity index (χ1n) is 10.6. The number of rotatable bonds is 5. The molecular formula is C24H25N5O2. The monoisotopic (exact) mass is 415 g/mol. The molecule has 0 amide bonds. The van der Waals surface area contributed by atoms with Crippen molar-refractivity contribution in [1.29, 1.82) is 0 Å². The molecule has 3 aromatic rings. The smallest absolute Gasteiger partial charge is 0.213 e. The number of aromatic hydroxyl groups is 1. The molecule has 7 heteroatoms. The molecule has 1 aliphatic heterocycles. The first-order valence-corrected chi connectivity index (χ1v) is 10.6. The summed E-state index contributed by atoms with van der Waals surface area (Å²) >= 11 is 0. The maximum Gasteiger partial charge on any atom is 0.213 e. The summed E-state index contributed by atoms with van der Waals surface area (Å²) in [7, 11) is 1.58. The van der Waals surface area contributed by atoms with Gasteiger partial charge in [-0.15, -0.1) is 10.2 Å². The second-order valence-electron chi connectivity index (χ2n) is 8.36. The van der Waals surface area contributed by atoms with E-state index >= 15 is 0 Å². The quantitative estimate of drug-likeness (QED) is 0.658. The van der Waals surface area contributed by atoms with Gasteiger partial charge in [-0.3, -0.25) is 0 Å². The predicted molar refractivity (Wildman–Crippen MR) is 118 cm³/mol. The number of allylic oxidation sites excluding steroid dienone is 1. The lowest BCUT2D eigenvalue weighted by molar-refractivity contribution is 0.398. The Morgan fingerprint density at radius 3 is 2.52 bits per heavy atom. The van der Waals surface area contributed by atoms with Crippen LogP contribution in [0.3, 0.4) is 0 Å². The van der Waals surface area contributed by atoms with Gasteiger partial charge in [0.05, 0.1) is 13.3 Å². The van der Waals surface area contributed by atoms with Crippen molar-refractivity contribution in [2.24, 2.45) is 17.8 Å². The van der Waals surface area contributed by atoms with Crippen LogP contribution in [0, 0.1) is 17.8 Å². The minimum atomic E-state index is 0.118. The van der Waals surface area contributed by atoms with Gasteiger partial charge >= 0.3 is 0 Å². The van der Waals surface area contributed by atoms with Crippen LogP contribution < -0.4 is 10.1 Å². The average molecular weight is 415 g/mol. The predicted octanol–water partition coefficient (Wildman–Crippen LogP) is 3.57. The Labute approximate surface area is 181 Å². The van der Waals surface area contributed by atoms with Gasteiger partial charge in [0.25, 0.3) is 0 Å². The average Bonchev–Trinajstić information content (AvgIpc) is 3.41. The van der Waals surface area contributed by atoms with E-state index in [1.54, 1.807) is 25.6 Å². The topological polar surface area (TPSA) is 93.1 Å². The number of nitrogens with one attached hydrogen (secondary N) is 1. The molecule has 1 unspecified atom stereocenters. The Hall–Kier alpha value is -3.32. The summed E-state index contributed by atoms with van der Waals surface area (Å²) < 4.78 is 5.18. The third-order valence-corrected chi connectivity index (χ3v) is 6.55. The van der Waals surface area contributed by atoms with Crippen molar-refractivity contribution in [1.82, 2.24) is 25.5 Å². The molecule has 31 heavy (non-hydrogen) atoms. The number of phenols is 1. The van der Waals surface area contributed by atoms with Crippen LogP contribution >= 0.6 is 0 Å². The third-order valence-electron chi connectivity index (χ3n) is 6.55. The highest BCUT2D eigenvalue weighted by atomic mass is 16.5. The first kappa shape index (κ1) is 19.6. The van der Waals surface area contributed by atoms with Crippen molar-refractivity contribution in [2.75, 3.05) is 20.2 Å². The van der Waals surface area contributed by atoms with E-state index in [0.717, 1.165) is 54.5 Å². The second-order valence-corrected chi connectivity index (χ2v) is 8.36. The van der Waals surface area contributed by atoms with Crippen molar-refractivity contribution in [3.05, 3.63) is 55.1 Å². The number of nitrogens with zero attached hydrogens (tertiary/aromatic N) is 4. The summed E-state index contributed by atoms with van der Waals surface area (Å²) in [5.41, 5.74) is 3.85. The molecule has 2 aliphatic rings. The van der Waals surface area contributed by atoms with Crippen LogP contribution in [-0.2, 0) is 0 Å². The molecule has 1 aromatic carbocycles. The van der Waals surface area contributed by atoms with Gasteiger partial charge in [-0.1, -0.05) is 12.6 Å². The van der Waals surface area contributed by atoms with Gasteiger partial charge in [0.15, 0.2) is 5.82 Å². The molecule has 3 heterocycles. The lowest BCUT2D eigenvalue weighted by Gasteiger charge is -2.13. The molecule has 0 spiro atoms. The van der Waals surface area contributed by atoms with E-state index < -0.39 is 0 Å². The molecule has 158 valence electrons. The summed E-state index contributed by atoms with van der Waals surface area (Å²) in [6, 6.07) is 9.13. The fourth-order valence-electron chi connectivity index (χ4n) is 4.81. The van der Waals surface area contributed by atoms with E-state index in [4.69, 9.17) is 4.74 Å². The number of hydrogen-bond donors (Lipinski definition) is 2. The zero-order valence-electron chi connectivity index (χ0n) is 17.5. The SMILES string of the molecule is C=C(c1ncc(-c2ccc(-c3ccnc(OC)c3)cc2O)nn1)C1C[C@H]2CNC[C@H]2C1. The standard InChI is InChI=1S/C24H25N5O2/c1-14(17-7-18-11-25-12-19(18)8-17)24-27-13-21(28-29-24)20-4-3-15(9-22(20)30)16-5-6-26-23(10-16)31-2/h3-6,9-10,13,17-19,25,30H,1,7-8,11-12H2,2H3/t17?,18-,19+. The molecule has 0 bridgehead atoms. The molecule has 2 fully saturated rings. The van der Waals surface area contributed by atoms with E-state index in [1.807, 2.05) is 24.3 Å². The summed E-state index contributed by atoms with van der Waals surface area (Å²) in [5.74, 6) is 3.15. The number of fused-ring (bicyclic) bond motifs is 1. The maximum absolute atomic E-state index is 10.6. The molecule has 7 nitrogen and oxygen atoms in total. The van der Waals surface area contributed by atoms with Gasteiger partial charge in [0, 0.05) is 17.8 Å². The summed E-state index contributed by atoms with van der Waals surface area (Å²) in [4.78, 5) is 8.63. The number of phenolic OH excluding ortho intramolecular Hbond substituents is 1. The number of ether oxygens (including phenoxy) is 1. The van der Waals surface area contributed by atoms with E-state index in [-0.39, 0.29) is 5.75 Å². The minimum Gasteiger partial charge on any atom is -0.507 e. The van der Waals surface area contributed by atoms with Crippen LogP contribution in [0.2, 0.25) is 0 Å². The van der Waals surface area contributed by atoms with Crippen LogP contribution in [0.5, 0.6) is 11.6 Å².